The highest BCUT2D eigenvalue weighted by molar-refractivity contribution is 6.36. The molecule has 228 valence electrons. The molecule has 2 saturated heterocycles. The number of nitrogens with zero attached hydrogens (tertiary/aromatic N) is 6. The number of H-pyrrole nitrogens is 1. The summed E-state index contributed by atoms with van der Waals surface area (Å²) in [5.74, 6) is 1.10. The lowest BCUT2D eigenvalue weighted by molar-refractivity contribution is -0.149. The van der Waals surface area contributed by atoms with Crippen molar-refractivity contribution in [3.63, 3.8) is 0 Å². The standard InChI is InChI=1S/C35H40ClN7O/c1-4-29(44)41-20-34(21-41)16-26(17-34)43-24(3)30(31-27-18-37-38-28(27)15-23(2)32(31)36)33(39-43)42-14-13-40(22-35(42)11-8-12-35)19-25-9-6-5-7-10-25/h4-7,9-10,15,18,26H,1,8,11-14,16-17,19-22H2,2-3H3,(H,37,38). The summed E-state index contributed by atoms with van der Waals surface area (Å²) in [6.07, 6.45) is 9.00. The lowest BCUT2D eigenvalue weighted by atomic mass is 9.60. The maximum atomic E-state index is 12.1. The molecule has 8 rings (SSSR count). The van der Waals surface area contributed by atoms with Gasteiger partial charge in [0.25, 0.3) is 0 Å². The number of rotatable bonds is 6. The van der Waals surface area contributed by atoms with Gasteiger partial charge >= 0.3 is 0 Å². The summed E-state index contributed by atoms with van der Waals surface area (Å²) in [7, 11) is 0. The third kappa shape index (κ3) is 4.25. The Morgan fingerprint density at radius 3 is 2.59 bits per heavy atom. The fourth-order valence-electron chi connectivity index (χ4n) is 8.58. The number of halogens is 1. The zero-order valence-corrected chi connectivity index (χ0v) is 26.4. The molecule has 0 unspecified atom stereocenters. The molecule has 4 aromatic rings. The fraction of sp³-hybridized carbons (Fsp3) is 0.457. The van der Waals surface area contributed by atoms with Crippen LogP contribution in [0.1, 0.15) is 55.0 Å². The predicted octanol–water partition coefficient (Wildman–Crippen LogP) is 6.29. The van der Waals surface area contributed by atoms with Crippen molar-refractivity contribution in [3.8, 4) is 11.1 Å². The molecule has 2 spiro atoms. The van der Waals surface area contributed by atoms with Gasteiger partial charge in [-0.05, 0) is 69.2 Å². The van der Waals surface area contributed by atoms with Gasteiger partial charge in [0.05, 0.1) is 28.3 Å². The molecular formula is C35H40ClN7O. The highest BCUT2D eigenvalue weighted by Gasteiger charge is 2.55. The second-order valence-corrected chi connectivity index (χ2v) is 14.2. The minimum Gasteiger partial charge on any atom is -0.346 e. The number of carbonyl (C=O) groups excluding carboxylic acids is 1. The Balaban J connectivity index is 1.18. The van der Waals surface area contributed by atoms with Crippen LogP contribution in [0.5, 0.6) is 0 Å². The number of amides is 1. The van der Waals surface area contributed by atoms with E-state index in [4.69, 9.17) is 16.7 Å². The minimum absolute atomic E-state index is 0.0364. The second-order valence-electron chi connectivity index (χ2n) is 13.8. The summed E-state index contributed by atoms with van der Waals surface area (Å²) in [5.41, 5.74) is 7.02. The Kier molecular flexibility index (Phi) is 6.47. The summed E-state index contributed by atoms with van der Waals surface area (Å²) < 4.78 is 2.29. The Bertz CT molecular complexity index is 1760. The van der Waals surface area contributed by atoms with Crippen molar-refractivity contribution in [2.24, 2.45) is 5.41 Å². The van der Waals surface area contributed by atoms with Gasteiger partial charge in [0.15, 0.2) is 5.82 Å². The molecule has 0 bridgehead atoms. The van der Waals surface area contributed by atoms with Crippen LogP contribution in [0.3, 0.4) is 0 Å². The zero-order valence-electron chi connectivity index (χ0n) is 25.7. The maximum absolute atomic E-state index is 12.1. The number of aromatic amines is 1. The van der Waals surface area contributed by atoms with Gasteiger partial charge in [0, 0.05) is 66.9 Å². The first-order valence-electron chi connectivity index (χ1n) is 16.0. The molecule has 8 nitrogen and oxygen atoms in total. The summed E-state index contributed by atoms with van der Waals surface area (Å²) in [4.78, 5) is 19.3. The third-order valence-electron chi connectivity index (χ3n) is 11.0. The highest BCUT2D eigenvalue weighted by atomic mass is 35.5. The number of benzene rings is 2. The number of hydrogen-bond acceptors (Lipinski definition) is 5. The second kappa shape index (κ2) is 10.2. The van der Waals surface area contributed by atoms with Crippen molar-refractivity contribution in [1.29, 1.82) is 0 Å². The number of anilines is 1. The lowest BCUT2D eigenvalue weighted by Gasteiger charge is -2.59. The number of piperazine rings is 1. The number of aryl methyl sites for hydroxylation is 1. The first kappa shape index (κ1) is 27.9. The Hall–Kier alpha value is -3.62. The number of nitrogens with one attached hydrogen (secondary N) is 1. The molecule has 2 saturated carbocycles. The van der Waals surface area contributed by atoms with Crippen molar-refractivity contribution in [2.45, 2.75) is 64.1 Å². The van der Waals surface area contributed by atoms with E-state index >= 15 is 0 Å². The Morgan fingerprint density at radius 1 is 1.11 bits per heavy atom. The predicted molar refractivity (Wildman–Crippen MR) is 175 cm³/mol. The molecule has 1 amide bonds. The number of fused-ring (bicyclic) bond motifs is 1. The topological polar surface area (TPSA) is 73.3 Å². The number of hydrogen-bond donors (Lipinski definition) is 1. The minimum atomic E-state index is 0.0364. The third-order valence-corrected chi connectivity index (χ3v) is 11.5. The van der Waals surface area contributed by atoms with Crippen LogP contribution in [-0.2, 0) is 11.3 Å². The molecule has 0 atom stereocenters. The Labute approximate surface area is 263 Å². The van der Waals surface area contributed by atoms with Gasteiger partial charge in [-0.2, -0.15) is 10.2 Å². The molecule has 2 aliphatic carbocycles. The van der Waals surface area contributed by atoms with Crippen LogP contribution in [0.4, 0.5) is 5.82 Å². The van der Waals surface area contributed by atoms with Crippen LogP contribution >= 0.6 is 11.6 Å². The number of carbonyl (C=O) groups is 1. The number of aromatic nitrogens is 4. The molecule has 4 fully saturated rings. The smallest absolute Gasteiger partial charge is 0.245 e. The molecule has 0 radical (unpaired) electrons. The summed E-state index contributed by atoms with van der Waals surface area (Å²) >= 11 is 7.20. The van der Waals surface area contributed by atoms with Gasteiger partial charge in [0.1, 0.15) is 0 Å². The molecular weight excluding hydrogens is 570 g/mol. The SMILES string of the molecule is C=CC(=O)N1CC2(CC(n3nc(N4CCN(Cc5ccccc5)CC45CCC5)c(-c4c(Cl)c(C)cc5[nH]ncc45)c3C)C2)C1. The van der Waals surface area contributed by atoms with E-state index in [0.29, 0.717) is 6.04 Å². The van der Waals surface area contributed by atoms with Crippen LogP contribution in [0.15, 0.2) is 55.3 Å². The highest BCUT2D eigenvalue weighted by Crippen LogP contribution is 2.56. The first-order chi connectivity index (χ1) is 21.3. The first-order valence-corrected chi connectivity index (χ1v) is 16.3. The molecule has 1 N–H and O–H groups in total. The molecule has 4 aliphatic rings. The van der Waals surface area contributed by atoms with Gasteiger partial charge in [-0.25, -0.2) is 0 Å². The van der Waals surface area contributed by atoms with E-state index in [-0.39, 0.29) is 16.9 Å². The fourth-order valence-corrected chi connectivity index (χ4v) is 8.84. The van der Waals surface area contributed by atoms with Gasteiger partial charge in [-0.15, -0.1) is 0 Å². The van der Waals surface area contributed by atoms with Gasteiger partial charge in [-0.1, -0.05) is 48.5 Å². The van der Waals surface area contributed by atoms with Crippen LogP contribution in [0, 0.1) is 19.3 Å². The Morgan fingerprint density at radius 2 is 1.89 bits per heavy atom. The average Bonchev–Trinajstić information content (AvgIpc) is 3.56. The summed E-state index contributed by atoms with van der Waals surface area (Å²) in [6, 6.07) is 13.2. The summed E-state index contributed by atoms with van der Waals surface area (Å²) in [5, 5.41) is 14.9. The quantitative estimate of drug-likeness (QED) is 0.260. The van der Waals surface area contributed by atoms with Crippen molar-refractivity contribution in [3.05, 3.63) is 77.1 Å². The molecule has 44 heavy (non-hydrogen) atoms. The van der Waals surface area contributed by atoms with E-state index in [1.54, 1.807) is 0 Å². The van der Waals surface area contributed by atoms with Crippen molar-refractivity contribution < 1.29 is 4.79 Å². The molecule has 2 aromatic carbocycles. The van der Waals surface area contributed by atoms with E-state index < -0.39 is 0 Å². The van der Waals surface area contributed by atoms with Crippen LogP contribution in [-0.4, -0.2) is 73.9 Å². The van der Waals surface area contributed by atoms with Crippen LogP contribution in [0.2, 0.25) is 5.02 Å². The van der Waals surface area contributed by atoms with Crippen LogP contribution < -0.4 is 4.90 Å². The van der Waals surface area contributed by atoms with Gasteiger partial charge in [-0.3, -0.25) is 19.5 Å². The monoisotopic (exact) mass is 609 g/mol. The van der Waals surface area contributed by atoms with Crippen molar-refractivity contribution >= 4 is 34.2 Å². The lowest BCUT2D eigenvalue weighted by Crippen LogP contribution is -2.66. The van der Waals surface area contributed by atoms with Gasteiger partial charge < -0.3 is 9.80 Å². The van der Waals surface area contributed by atoms with Gasteiger partial charge in [0.2, 0.25) is 5.91 Å². The maximum Gasteiger partial charge on any atom is 0.245 e. The molecule has 4 heterocycles. The molecule has 2 aromatic heterocycles. The average molecular weight is 610 g/mol. The van der Waals surface area contributed by atoms with Crippen molar-refractivity contribution in [2.75, 3.05) is 37.6 Å². The molecule has 9 heteroatoms. The van der Waals surface area contributed by atoms with E-state index in [1.165, 1.54) is 30.9 Å². The summed E-state index contributed by atoms with van der Waals surface area (Å²) in [6.45, 7) is 13.5. The van der Waals surface area contributed by atoms with Crippen molar-refractivity contribution in [1.82, 2.24) is 29.8 Å². The molecule has 2 aliphatic heterocycles. The van der Waals surface area contributed by atoms with E-state index in [0.717, 1.165) is 96.2 Å². The largest absolute Gasteiger partial charge is 0.346 e. The van der Waals surface area contributed by atoms with E-state index in [1.807, 2.05) is 11.1 Å². The number of likely N-dealkylation sites (tertiary alicyclic amines) is 1. The van der Waals surface area contributed by atoms with Crippen LogP contribution in [0.25, 0.3) is 22.0 Å². The van der Waals surface area contributed by atoms with E-state index in [9.17, 15) is 4.79 Å². The van der Waals surface area contributed by atoms with E-state index in [2.05, 4.69) is 81.5 Å². The normalized spacial score (nSPS) is 21.0. The zero-order chi connectivity index (χ0) is 30.2.